The van der Waals surface area contributed by atoms with E-state index in [-0.39, 0.29) is 11.6 Å². The van der Waals surface area contributed by atoms with E-state index in [0.29, 0.717) is 12.1 Å². The molecule has 1 unspecified atom stereocenters. The molecule has 2 aromatic carbocycles. The summed E-state index contributed by atoms with van der Waals surface area (Å²) in [6.07, 6.45) is 0. The van der Waals surface area contributed by atoms with Crippen molar-refractivity contribution in [3.05, 3.63) is 71.0 Å². The van der Waals surface area contributed by atoms with Crippen molar-refractivity contribution in [2.75, 3.05) is 0 Å². The summed E-state index contributed by atoms with van der Waals surface area (Å²) in [4.78, 5) is 0. The Morgan fingerprint density at radius 3 is 2.58 bits per heavy atom. The molecule has 0 fully saturated rings. The lowest BCUT2D eigenvalue weighted by molar-refractivity contribution is 0.543. The second-order valence-corrected chi connectivity index (χ2v) is 4.40. The third-order valence-electron chi connectivity index (χ3n) is 3.10. The topological polar surface area (TPSA) is 35.8 Å². The number of hydrogen-bond donors (Lipinski definition) is 1. The molecule has 19 heavy (non-hydrogen) atoms. The largest absolute Gasteiger partial charge is 0.306 e. The zero-order chi connectivity index (χ0) is 13.7. The normalized spacial score (nSPS) is 11.8. The lowest BCUT2D eigenvalue weighted by Crippen LogP contribution is -2.18. The quantitative estimate of drug-likeness (QED) is 0.905. The molecule has 3 heteroatoms. The van der Waals surface area contributed by atoms with Gasteiger partial charge in [-0.15, -0.1) is 0 Å². The maximum absolute atomic E-state index is 13.9. The van der Waals surface area contributed by atoms with Gasteiger partial charge in [0.2, 0.25) is 0 Å². The van der Waals surface area contributed by atoms with Crippen molar-refractivity contribution in [1.29, 1.82) is 5.26 Å². The van der Waals surface area contributed by atoms with Crippen molar-refractivity contribution in [1.82, 2.24) is 5.32 Å². The Bertz CT molecular complexity index is 587. The van der Waals surface area contributed by atoms with Gasteiger partial charge in [0.05, 0.1) is 5.56 Å². The zero-order valence-corrected chi connectivity index (χ0v) is 10.7. The molecule has 0 aliphatic heterocycles. The third-order valence-corrected chi connectivity index (χ3v) is 3.10. The van der Waals surface area contributed by atoms with Gasteiger partial charge in [-0.1, -0.05) is 42.5 Å². The zero-order valence-electron chi connectivity index (χ0n) is 10.7. The summed E-state index contributed by atoms with van der Waals surface area (Å²) in [6, 6.07) is 16.8. The SMILES string of the molecule is CC(NCc1cccc(C#N)c1F)c1ccccc1. The Morgan fingerprint density at radius 2 is 1.89 bits per heavy atom. The van der Waals surface area contributed by atoms with Gasteiger partial charge in [0, 0.05) is 18.2 Å². The van der Waals surface area contributed by atoms with E-state index in [1.807, 2.05) is 43.3 Å². The highest BCUT2D eigenvalue weighted by Crippen LogP contribution is 2.15. The lowest BCUT2D eigenvalue weighted by atomic mass is 10.1. The highest BCUT2D eigenvalue weighted by atomic mass is 19.1. The van der Waals surface area contributed by atoms with Crippen LogP contribution in [0.25, 0.3) is 0 Å². The minimum Gasteiger partial charge on any atom is -0.306 e. The number of nitriles is 1. The fourth-order valence-electron chi connectivity index (χ4n) is 1.93. The van der Waals surface area contributed by atoms with Crippen LogP contribution in [0.15, 0.2) is 48.5 Å². The Hall–Kier alpha value is -2.18. The molecular formula is C16H15FN2. The monoisotopic (exact) mass is 254 g/mol. The number of rotatable bonds is 4. The highest BCUT2D eigenvalue weighted by molar-refractivity contribution is 5.35. The van der Waals surface area contributed by atoms with Crippen LogP contribution in [0.3, 0.4) is 0 Å². The molecule has 0 heterocycles. The molecule has 2 rings (SSSR count). The standard InChI is InChI=1S/C16H15FN2/c1-12(13-6-3-2-4-7-13)19-11-15-9-5-8-14(10-18)16(15)17/h2-9,12,19H,11H2,1H3. The van der Waals surface area contributed by atoms with Crippen LogP contribution in [0.2, 0.25) is 0 Å². The van der Waals surface area contributed by atoms with Crippen LogP contribution >= 0.6 is 0 Å². The van der Waals surface area contributed by atoms with Crippen LogP contribution in [-0.4, -0.2) is 0 Å². The van der Waals surface area contributed by atoms with Gasteiger partial charge in [-0.3, -0.25) is 0 Å². The molecule has 2 aromatic rings. The third kappa shape index (κ3) is 3.18. The van der Waals surface area contributed by atoms with E-state index in [2.05, 4.69) is 5.32 Å². The molecule has 0 radical (unpaired) electrons. The fourth-order valence-corrected chi connectivity index (χ4v) is 1.93. The summed E-state index contributed by atoms with van der Waals surface area (Å²) in [5, 5.41) is 12.0. The van der Waals surface area contributed by atoms with E-state index in [1.165, 1.54) is 6.07 Å². The molecule has 1 atom stereocenters. The number of benzene rings is 2. The fraction of sp³-hybridized carbons (Fsp3) is 0.188. The summed E-state index contributed by atoms with van der Waals surface area (Å²) in [5.41, 5.74) is 1.76. The maximum Gasteiger partial charge on any atom is 0.145 e. The Kier molecular flexibility index (Phi) is 4.27. The van der Waals surface area contributed by atoms with E-state index >= 15 is 0 Å². The Balaban J connectivity index is 2.06. The summed E-state index contributed by atoms with van der Waals surface area (Å²) in [5.74, 6) is -0.433. The first-order valence-electron chi connectivity index (χ1n) is 6.18. The van der Waals surface area contributed by atoms with Crippen LogP contribution in [0, 0.1) is 17.1 Å². The molecular weight excluding hydrogens is 239 g/mol. The molecule has 0 saturated carbocycles. The van der Waals surface area contributed by atoms with Crippen LogP contribution in [0.5, 0.6) is 0 Å². The molecule has 0 aliphatic carbocycles. The molecule has 0 aromatic heterocycles. The highest BCUT2D eigenvalue weighted by Gasteiger charge is 2.09. The molecule has 0 saturated heterocycles. The van der Waals surface area contributed by atoms with Gasteiger partial charge in [-0.05, 0) is 18.6 Å². The van der Waals surface area contributed by atoms with Crippen molar-refractivity contribution in [2.24, 2.45) is 0 Å². The van der Waals surface area contributed by atoms with Gasteiger partial charge in [0.15, 0.2) is 0 Å². The Labute approximate surface area is 112 Å². The van der Waals surface area contributed by atoms with Gasteiger partial charge < -0.3 is 5.32 Å². The van der Waals surface area contributed by atoms with Gasteiger partial charge in [-0.2, -0.15) is 5.26 Å². The smallest absolute Gasteiger partial charge is 0.145 e. The number of nitrogens with zero attached hydrogens (tertiary/aromatic N) is 1. The van der Waals surface area contributed by atoms with Crippen LogP contribution < -0.4 is 5.32 Å². The van der Waals surface area contributed by atoms with Crippen molar-refractivity contribution < 1.29 is 4.39 Å². The molecule has 1 N–H and O–H groups in total. The second kappa shape index (κ2) is 6.12. The van der Waals surface area contributed by atoms with E-state index < -0.39 is 5.82 Å². The summed E-state index contributed by atoms with van der Waals surface area (Å²) >= 11 is 0. The van der Waals surface area contributed by atoms with Gasteiger partial charge >= 0.3 is 0 Å². The minimum atomic E-state index is -0.433. The summed E-state index contributed by atoms with van der Waals surface area (Å²) in [7, 11) is 0. The number of halogens is 1. The molecule has 0 amide bonds. The second-order valence-electron chi connectivity index (χ2n) is 4.40. The minimum absolute atomic E-state index is 0.0895. The molecule has 0 aliphatic rings. The molecule has 0 bridgehead atoms. The number of nitrogens with one attached hydrogen (secondary N) is 1. The maximum atomic E-state index is 13.9. The van der Waals surface area contributed by atoms with Gasteiger partial charge in [-0.25, -0.2) is 4.39 Å². The van der Waals surface area contributed by atoms with E-state index in [4.69, 9.17) is 5.26 Å². The summed E-state index contributed by atoms with van der Waals surface area (Å²) < 4.78 is 13.9. The van der Waals surface area contributed by atoms with Crippen molar-refractivity contribution >= 4 is 0 Å². The van der Waals surface area contributed by atoms with Gasteiger partial charge in [0.1, 0.15) is 11.9 Å². The summed E-state index contributed by atoms with van der Waals surface area (Å²) in [6.45, 7) is 2.43. The van der Waals surface area contributed by atoms with E-state index in [0.717, 1.165) is 5.56 Å². The van der Waals surface area contributed by atoms with Crippen LogP contribution in [0.4, 0.5) is 4.39 Å². The van der Waals surface area contributed by atoms with Gasteiger partial charge in [0.25, 0.3) is 0 Å². The first kappa shape index (κ1) is 13.3. The molecule has 2 nitrogen and oxygen atoms in total. The predicted molar refractivity (Wildman–Crippen MR) is 72.8 cm³/mol. The lowest BCUT2D eigenvalue weighted by Gasteiger charge is -2.14. The Morgan fingerprint density at radius 1 is 1.16 bits per heavy atom. The molecule has 0 spiro atoms. The van der Waals surface area contributed by atoms with E-state index in [9.17, 15) is 4.39 Å². The van der Waals surface area contributed by atoms with Crippen molar-refractivity contribution in [3.8, 4) is 6.07 Å². The average Bonchev–Trinajstić information content (AvgIpc) is 2.47. The molecule has 96 valence electrons. The first-order valence-corrected chi connectivity index (χ1v) is 6.18. The van der Waals surface area contributed by atoms with E-state index in [1.54, 1.807) is 12.1 Å². The van der Waals surface area contributed by atoms with Crippen molar-refractivity contribution in [2.45, 2.75) is 19.5 Å². The predicted octanol–water partition coefficient (Wildman–Crippen LogP) is 3.55. The van der Waals surface area contributed by atoms with Crippen LogP contribution in [0.1, 0.15) is 29.7 Å². The van der Waals surface area contributed by atoms with Crippen LogP contribution in [-0.2, 0) is 6.54 Å². The number of hydrogen-bond acceptors (Lipinski definition) is 2. The van der Waals surface area contributed by atoms with Crippen molar-refractivity contribution in [3.63, 3.8) is 0 Å². The average molecular weight is 254 g/mol. The first-order chi connectivity index (χ1) is 9.22.